The zero-order valence-electron chi connectivity index (χ0n) is 36.9. The van der Waals surface area contributed by atoms with Crippen molar-refractivity contribution < 1.29 is 0 Å². The molecule has 13 aromatic rings. The summed E-state index contributed by atoms with van der Waals surface area (Å²) >= 11 is 0. The number of aromatic nitrogens is 5. The van der Waals surface area contributed by atoms with E-state index in [4.69, 9.17) is 15.0 Å². The van der Waals surface area contributed by atoms with Gasteiger partial charge in [-0.2, -0.15) is 0 Å². The molecule has 10 aromatic carbocycles. The molecule has 3 aromatic heterocycles. The largest absolute Gasteiger partial charge is 0.309 e. The molecule has 0 spiro atoms. The summed E-state index contributed by atoms with van der Waals surface area (Å²) in [5, 5.41) is 4.85. The van der Waals surface area contributed by atoms with Gasteiger partial charge in [0, 0.05) is 49.6 Å². The SMILES string of the molecule is c1ccc(-c2cc(-c3ccccc3)cc(-n3c4ccccc4c4cc(-c5ccc6c7ccccc7n(-c7ccc(-c8nc(-c9ccccc9)nc(-c9ccccc9)n8)cc7)c6c5)ccc43)c2)cc1. The first-order chi connectivity index (χ1) is 33.7. The fourth-order valence-corrected chi connectivity index (χ4v) is 9.89. The van der Waals surface area contributed by atoms with Gasteiger partial charge in [-0.05, 0) is 106 Å². The average molecular weight is 868 g/mol. The lowest BCUT2D eigenvalue weighted by molar-refractivity contribution is 1.07. The Labute approximate surface area is 393 Å². The van der Waals surface area contributed by atoms with Crippen LogP contribution in [-0.4, -0.2) is 24.1 Å². The van der Waals surface area contributed by atoms with E-state index in [0.717, 1.165) is 50.2 Å². The van der Waals surface area contributed by atoms with Crippen LogP contribution in [0, 0.1) is 0 Å². The minimum absolute atomic E-state index is 0.631. The highest BCUT2D eigenvalue weighted by Crippen LogP contribution is 2.40. The molecule has 0 aliphatic heterocycles. The molecule has 0 saturated heterocycles. The smallest absolute Gasteiger partial charge is 0.164 e. The van der Waals surface area contributed by atoms with E-state index < -0.39 is 0 Å². The van der Waals surface area contributed by atoms with E-state index in [2.05, 4.69) is 197 Å². The minimum Gasteiger partial charge on any atom is -0.309 e. The Morgan fingerprint density at radius 3 is 1.13 bits per heavy atom. The van der Waals surface area contributed by atoms with Crippen LogP contribution < -0.4 is 0 Å². The Kier molecular flexibility index (Phi) is 9.43. The summed E-state index contributed by atoms with van der Waals surface area (Å²) in [6.07, 6.45) is 0. The van der Waals surface area contributed by atoms with Crippen molar-refractivity contribution >= 4 is 43.6 Å². The van der Waals surface area contributed by atoms with Gasteiger partial charge in [0.05, 0.1) is 22.1 Å². The standard InChI is InChI=1S/C63H41N5/c1-5-17-42(18-6-1)49-37-50(43-19-7-2-8-20-43)39-52(38-49)68-58-28-16-14-26-54(58)56-40-47(32-36-59(56)68)48-31-35-55-53-25-13-15-27-57(53)67(60(55)41-48)51-33-29-46(30-34-51)63-65-61(44-21-9-3-10-22-44)64-62(66-63)45-23-11-4-12-24-45/h1-41H. The lowest BCUT2D eigenvalue weighted by atomic mass is 9.98. The fraction of sp³-hybridized carbons (Fsp3) is 0. The van der Waals surface area contributed by atoms with Crippen molar-refractivity contribution in [2.75, 3.05) is 0 Å². The highest BCUT2D eigenvalue weighted by molar-refractivity contribution is 6.12. The van der Waals surface area contributed by atoms with E-state index in [1.807, 2.05) is 60.7 Å². The summed E-state index contributed by atoms with van der Waals surface area (Å²) in [6, 6.07) is 88.5. The summed E-state index contributed by atoms with van der Waals surface area (Å²) in [5.74, 6) is 1.92. The third-order valence-electron chi connectivity index (χ3n) is 13.2. The summed E-state index contributed by atoms with van der Waals surface area (Å²) in [5.41, 5.74) is 16.7. The molecule has 318 valence electrons. The van der Waals surface area contributed by atoms with Gasteiger partial charge >= 0.3 is 0 Å². The van der Waals surface area contributed by atoms with E-state index in [-0.39, 0.29) is 0 Å². The number of nitrogens with zero attached hydrogens (tertiary/aromatic N) is 5. The van der Waals surface area contributed by atoms with Crippen LogP contribution in [-0.2, 0) is 0 Å². The number of para-hydroxylation sites is 2. The number of hydrogen-bond donors (Lipinski definition) is 0. The third-order valence-corrected chi connectivity index (χ3v) is 13.2. The van der Waals surface area contributed by atoms with E-state index in [1.165, 1.54) is 54.8 Å². The maximum Gasteiger partial charge on any atom is 0.164 e. The van der Waals surface area contributed by atoms with Gasteiger partial charge in [0.25, 0.3) is 0 Å². The van der Waals surface area contributed by atoms with Crippen molar-refractivity contribution in [3.63, 3.8) is 0 Å². The Morgan fingerprint density at radius 2 is 0.588 bits per heavy atom. The Hall–Kier alpha value is -9.19. The zero-order chi connectivity index (χ0) is 45.0. The van der Waals surface area contributed by atoms with Crippen molar-refractivity contribution in [2.45, 2.75) is 0 Å². The third kappa shape index (κ3) is 6.84. The molecule has 0 aliphatic carbocycles. The second kappa shape index (κ2) is 16.4. The maximum atomic E-state index is 5.00. The predicted molar refractivity (Wildman–Crippen MR) is 281 cm³/mol. The fourth-order valence-electron chi connectivity index (χ4n) is 9.89. The molecule has 0 saturated carbocycles. The molecule has 13 rings (SSSR count). The first-order valence-electron chi connectivity index (χ1n) is 23.0. The molecule has 5 nitrogen and oxygen atoms in total. The first-order valence-corrected chi connectivity index (χ1v) is 23.0. The predicted octanol–water partition coefficient (Wildman–Crippen LogP) is 16.1. The van der Waals surface area contributed by atoms with Crippen molar-refractivity contribution in [2.24, 2.45) is 0 Å². The molecular weight excluding hydrogens is 827 g/mol. The van der Waals surface area contributed by atoms with Crippen LogP contribution in [0.5, 0.6) is 0 Å². The monoisotopic (exact) mass is 867 g/mol. The number of hydrogen-bond acceptors (Lipinski definition) is 3. The number of rotatable bonds is 8. The van der Waals surface area contributed by atoms with Crippen molar-refractivity contribution in [1.29, 1.82) is 0 Å². The Balaban J connectivity index is 0.926. The molecule has 0 fully saturated rings. The Bertz CT molecular complexity index is 3870. The molecule has 0 aliphatic rings. The van der Waals surface area contributed by atoms with Crippen LogP contribution in [0.3, 0.4) is 0 Å². The maximum absolute atomic E-state index is 5.00. The highest BCUT2D eigenvalue weighted by Gasteiger charge is 2.19. The van der Waals surface area contributed by atoms with Crippen LogP contribution >= 0.6 is 0 Å². The molecule has 5 heteroatoms. The normalized spacial score (nSPS) is 11.5. The summed E-state index contributed by atoms with van der Waals surface area (Å²) < 4.78 is 4.81. The van der Waals surface area contributed by atoms with E-state index in [9.17, 15) is 0 Å². The molecule has 0 amide bonds. The molecule has 0 atom stereocenters. The second-order valence-corrected chi connectivity index (χ2v) is 17.3. The van der Waals surface area contributed by atoms with E-state index in [0.29, 0.717) is 17.5 Å². The average Bonchev–Trinajstić information content (AvgIpc) is 3.94. The molecular formula is C63H41N5. The van der Waals surface area contributed by atoms with Gasteiger partial charge < -0.3 is 9.13 Å². The van der Waals surface area contributed by atoms with Crippen LogP contribution in [0.4, 0.5) is 0 Å². The van der Waals surface area contributed by atoms with Gasteiger partial charge in [-0.15, -0.1) is 0 Å². The Morgan fingerprint density at radius 1 is 0.206 bits per heavy atom. The number of fused-ring (bicyclic) bond motifs is 6. The molecule has 68 heavy (non-hydrogen) atoms. The molecule has 0 unspecified atom stereocenters. The van der Waals surface area contributed by atoms with Crippen LogP contribution in [0.15, 0.2) is 249 Å². The first kappa shape index (κ1) is 39.2. The summed E-state index contributed by atoms with van der Waals surface area (Å²) in [6.45, 7) is 0. The number of benzene rings is 10. The van der Waals surface area contributed by atoms with Gasteiger partial charge in [-0.3, -0.25) is 0 Å². The van der Waals surface area contributed by atoms with E-state index in [1.54, 1.807) is 0 Å². The second-order valence-electron chi connectivity index (χ2n) is 17.3. The topological polar surface area (TPSA) is 48.5 Å². The summed E-state index contributed by atoms with van der Waals surface area (Å²) in [4.78, 5) is 14.9. The highest BCUT2D eigenvalue weighted by atomic mass is 15.0. The van der Waals surface area contributed by atoms with Gasteiger partial charge in [0.1, 0.15) is 0 Å². The van der Waals surface area contributed by atoms with Crippen LogP contribution in [0.2, 0.25) is 0 Å². The van der Waals surface area contributed by atoms with Gasteiger partial charge in [-0.25, -0.2) is 15.0 Å². The quantitative estimate of drug-likeness (QED) is 0.153. The zero-order valence-corrected chi connectivity index (χ0v) is 36.9. The molecule has 0 N–H and O–H groups in total. The minimum atomic E-state index is 0.631. The van der Waals surface area contributed by atoms with E-state index >= 15 is 0 Å². The van der Waals surface area contributed by atoms with Crippen molar-refractivity contribution in [3.05, 3.63) is 249 Å². The van der Waals surface area contributed by atoms with Crippen LogP contribution in [0.25, 0.3) is 123 Å². The lowest BCUT2D eigenvalue weighted by Crippen LogP contribution is -2.00. The van der Waals surface area contributed by atoms with Crippen LogP contribution in [0.1, 0.15) is 0 Å². The van der Waals surface area contributed by atoms with Gasteiger partial charge in [0.15, 0.2) is 17.5 Å². The van der Waals surface area contributed by atoms with Crippen molar-refractivity contribution in [3.8, 4) is 78.9 Å². The molecule has 0 bridgehead atoms. The molecule has 0 radical (unpaired) electrons. The van der Waals surface area contributed by atoms with Gasteiger partial charge in [0.2, 0.25) is 0 Å². The van der Waals surface area contributed by atoms with Crippen molar-refractivity contribution in [1.82, 2.24) is 24.1 Å². The molecule has 3 heterocycles. The van der Waals surface area contributed by atoms with Gasteiger partial charge in [-0.1, -0.05) is 176 Å². The lowest BCUT2D eigenvalue weighted by Gasteiger charge is -2.14. The summed E-state index contributed by atoms with van der Waals surface area (Å²) in [7, 11) is 0.